The van der Waals surface area contributed by atoms with E-state index in [9.17, 15) is 13.9 Å². The Balaban J connectivity index is 1.37. The van der Waals surface area contributed by atoms with Gasteiger partial charge in [0.25, 0.3) is 5.92 Å². The van der Waals surface area contributed by atoms with E-state index in [4.69, 9.17) is 4.98 Å². The minimum Gasteiger partial charge on any atom is -0.396 e. The standard InChI is InChI=1S/C25H22F2N8O/c1-15-2-6-22(33-32-15)30-17-4-5-19-18(12-17)28-14-34(19)23-7-3-16(9-11-36)24(31-23)20-8-10-29-35(20)21-13-25(21,26)27/h2-8,10,12,14,21,36H,9,11,13H2,1H3,(H,30,33)/t21-/m0/s1. The lowest BCUT2D eigenvalue weighted by Crippen LogP contribution is -2.09. The van der Waals surface area contributed by atoms with Crippen LogP contribution in [0.25, 0.3) is 28.2 Å². The summed E-state index contributed by atoms with van der Waals surface area (Å²) < 4.78 is 30.8. The van der Waals surface area contributed by atoms with Crippen LogP contribution in [-0.4, -0.2) is 52.1 Å². The molecule has 1 aromatic carbocycles. The number of pyridine rings is 1. The molecule has 5 aromatic rings. The average Bonchev–Trinajstić information content (AvgIpc) is 3.22. The Morgan fingerprint density at radius 2 is 1.97 bits per heavy atom. The van der Waals surface area contributed by atoms with Crippen molar-refractivity contribution in [3.05, 3.63) is 72.3 Å². The van der Waals surface area contributed by atoms with Crippen LogP contribution < -0.4 is 5.32 Å². The molecule has 2 N–H and O–H groups in total. The normalized spacial score (nSPS) is 16.4. The monoisotopic (exact) mass is 488 g/mol. The van der Waals surface area contributed by atoms with E-state index >= 15 is 0 Å². The first kappa shape index (κ1) is 22.2. The van der Waals surface area contributed by atoms with Gasteiger partial charge in [-0.15, -0.1) is 5.10 Å². The fourth-order valence-electron chi connectivity index (χ4n) is 4.26. The van der Waals surface area contributed by atoms with Crippen LogP contribution >= 0.6 is 0 Å². The number of hydrogen-bond acceptors (Lipinski definition) is 7. The summed E-state index contributed by atoms with van der Waals surface area (Å²) in [6, 6.07) is 13.8. The number of halogens is 2. The number of benzene rings is 1. The number of aliphatic hydroxyl groups excluding tert-OH is 1. The van der Waals surface area contributed by atoms with Crippen molar-refractivity contribution in [3.63, 3.8) is 0 Å². The highest BCUT2D eigenvalue weighted by Crippen LogP contribution is 2.53. The Morgan fingerprint density at radius 1 is 1.11 bits per heavy atom. The highest BCUT2D eigenvalue weighted by atomic mass is 19.3. The van der Waals surface area contributed by atoms with Crippen LogP contribution in [0.2, 0.25) is 0 Å². The molecule has 0 unspecified atom stereocenters. The molecule has 9 nitrogen and oxygen atoms in total. The molecule has 1 aliphatic rings. The Kier molecular flexibility index (Phi) is 5.22. The first-order valence-electron chi connectivity index (χ1n) is 11.5. The summed E-state index contributed by atoms with van der Waals surface area (Å²) in [4.78, 5) is 9.34. The van der Waals surface area contributed by atoms with Gasteiger partial charge in [-0.3, -0.25) is 9.25 Å². The molecule has 4 heterocycles. The number of imidazole rings is 1. The first-order valence-corrected chi connectivity index (χ1v) is 11.5. The van der Waals surface area contributed by atoms with Gasteiger partial charge in [0.1, 0.15) is 18.2 Å². The minimum atomic E-state index is -2.77. The van der Waals surface area contributed by atoms with Gasteiger partial charge in [0.2, 0.25) is 0 Å². The summed E-state index contributed by atoms with van der Waals surface area (Å²) in [6.07, 6.45) is 3.27. The average molecular weight is 489 g/mol. The predicted octanol–water partition coefficient (Wildman–Crippen LogP) is 4.24. The van der Waals surface area contributed by atoms with Crippen molar-refractivity contribution in [3.8, 4) is 17.2 Å². The molecule has 1 aliphatic carbocycles. The van der Waals surface area contributed by atoms with Crippen molar-refractivity contribution in [2.24, 2.45) is 0 Å². The number of anilines is 2. The van der Waals surface area contributed by atoms with Crippen LogP contribution in [0.5, 0.6) is 0 Å². The maximum Gasteiger partial charge on any atom is 0.272 e. The molecule has 0 spiro atoms. The third kappa shape index (κ3) is 3.97. The third-order valence-electron chi connectivity index (χ3n) is 6.21. The first-order chi connectivity index (χ1) is 17.4. The second-order valence-electron chi connectivity index (χ2n) is 8.80. The largest absolute Gasteiger partial charge is 0.396 e. The van der Waals surface area contributed by atoms with E-state index in [0.29, 0.717) is 29.4 Å². The van der Waals surface area contributed by atoms with Crippen molar-refractivity contribution < 1.29 is 13.9 Å². The molecule has 0 bridgehead atoms. The van der Waals surface area contributed by atoms with Crippen molar-refractivity contribution >= 4 is 22.5 Å². The summed E-state index contributed by atoms with van der Waals surface area (Å²) in [5, 5.41) is 25.1. The van der Waals surface area contributed by atoms with E-state index in [1.807, 2.05) is 54.0 Å². The number of alkyl halides is 2. The molecule has 6 rings (SSSR count). The van der Waals surface area contributed by atoms with E-state index in [0.717, 1.165) is 28.0 Å². The molecule has 1 saturated carbocycles. The molecule has 1 fully saturated rings. The predicted molar refractivity (Wildman–Crippen MR) is 130 cm³/mol. The van der Waals surface area contributed by atoms with E-state index in [1.165, 1.54) is 10.9 Å². The van der Waals surface area contributed by atoms with Gasteiger partial charge in [-0.05, 0) is 61.4 Å². The number of aryl methyl sites for hydroxylation is 1. The van der Waals surface area contributed by atoms with E-state index in [2.05, 4.69) is 25.6 Å². The number of rotatable bonds is 7. The lowest BCUT2D eigenvalue weighted by molar-refractivity contribution is 0.0986. The number of nitrogens with zero attached hydrogens (tertiary/aromatic N) is 7. The molecule has 36 heavy (non-hydrogen) atoms. The highest BCUT2D eigenvalue weighted by Gasteiger charge is 2.59. The molecule has 182 valence electrons. The zero-order valence-corrected chi connectivity index (χ0v) is 19.3. The number of fused-ring (bicyclic) bond motifs is 1. The Labute approximate surface area is 204 Å². The lowest BCUT2D eigenvalue weighted by Gasteiger charge is -2.13. The molecule has 0 saturated heterocycles. The van der Waals surface area contributed by atoms with Gasteiger partial charge in [0.05, 0.1) is 28.1 Å². The topological polar surface area (TPSA) is 107 Å². The number of aliphatic hydroxyl groups is 1. The fraction of sp³-hybridized carbons (Fsp3) is 0.240. The van der Waals surface area contributed by atoms with Crippen LogP contribution in [0.3, 0.4) is 0 Å². The van der Waals surface area contributed by atoms with E-state index in [1.54, 1.807) is 12.4 Å². The van der Waals surface area contributed by atoms with Gasteiger partial charge < -0.3 is 10.4 Å². The SMILES string of the molecule is Cc1ccc(Nc2ccc3c(c2)ncn3-c2ccc(CCO)c(-c3ccnn3[C@H]3CC3(F)F)n2)nn1. The summed E-state index contributed by atoms with van der Waals surface area (Å²) >= 11 is 0. The second-order valence-corrected chi connectivity index (χ2v) is 8.80. The molecule has 0 amide bonds. The lowest BCUT2D eigenvalue weighted by atomic mass is 10.1. The Bertz CT molecular complexity index is 1560. The van der Waals surface area contributed by atoms with Crippen molar-refractivity contribution in [1.82, 2.24) is 34.5 Å². The maximum absolute atomic E-state index is 13.8. The van der Waals surface area contributed by atoms with Gasteiger partial charge in [0.15, 0.2) is 5.82 Å². The molecule has 4 aromatic heterocycles. The number of hydrogen-bond donors (Lipinski definition) is 2. The molecular weight excluding hydrogens is 466 g/mol. The van der Waals surface area contributed by atoms with Gasteiger partial charge in [0, 0.05) is 24.9 Å². The Hall–Kier alpha value is -4.25. The van der Waals surface area contributed by atoms with Gasteiger partial charge in [-0.1, -0.05) is 6.07 Å². The smallest absolute Gasteiger partial charge is 0.272 e. The third-order valence-corrected chi connectivity index (χ3v) is 6.21. The van der Waals surface area contributed by atoms with Crippen LogP contribution in [-0.2, 0) is 6.42 Å². The second kappa shape index (κ2) is 8.45. The van der Waals surface area contributed by atoms with Crippen LogP contribution in [0.1, 0.15) is 23.7 Å². The highest BCUT2D eigenvalue weighted by molar-refractivity contribution is 5.82. The van der Waals surface area contributed by atoms with Crippen LogP contribution in [0.4, 0.5) is 20.3 Å². The number of aromatic nitrogens is 7. The molecule has 11 heteroatoms. The Morgan fingerprint density at radius 3 is 2.72 bits per heavy atom. The summed E-state index contributed by atoms with van der Waals surface area (Å²) in [5.41, 5.74) is 4.98. The molecular formula is C25H22F2N8O. The summed E-state index contributed by atoms with van der Waals surface area (Å²) in [5.74, 6) is -1.57. The molecule has 0 aliphatic heterocycles. The van der Waals surface area contributed by atoms with Crippen molar-refractivity contribution in [1.29, 1.82) is 0 Å². The van der Waals surface area contributed by atoms with Gasteiger partial charge >= 0.3 is 0 Å². The minimum absolute atomic E-state index is 0.0864. The zero-order chi connectivity index (χ0) is 24.9. The molecule has 1 atom stereocenters. The summed E-state index contributed by atoms with van der Waals surface area (Å²) in [7, 11) is 0. The quantitative estimate of drug-likeness (QED) is 0.353. The zero-order valence-electron chi connectivity index (χ0n) is 19.3. The maximum atomic E-state index is 13.8. The van der Waals surface area contributed by atoms with E-state index in [-0.39, 0.29) is 13.0 Å². The molecule has 0 radical (unpaired) electrons. The van der Waals surface area contributed by atoms with E-state index < -0.39 is 12.0 Å². The van der Waals surface area contributed by atoms with Gasteiger partial charge in [-0.2, -0.15) is 10.2 Å². The van der Waals surface area contributed by atoms with Crippen molar-refractivity contribution in [2.75, 3.05) is 11.9 Å². The van der Waals surface area contributed by atoms with Crippen molar-refractivity contribution in [2.45, 2.75) is 31.7 Å². The summed E-state index contributed by atoms with van der Waals surface area (Å²) in [6.45, 7) is 1.79. The van der Waals surface area contributed by atoms with Gasteiger partial charge in [-0.25, -0.2) is 18.7 Å². The van der Waals surface area contributed by atoms with Crippen LogP contribution in [0, 0.1) is 6.92 Å². The van der Waals surface area contributed by atoms with Crippen LogP contribution in [0.15, 0.2) is 61.1 Å². The number of nitrogens with one attached hydrogen (secondary N) is 1. The fourth-order valence-corrected chi connectivity index (χ4v) is 4.26.